The van der Waals surface area contributed by atoms with Gasteiger partial charge < -0.3 is 5.32 Å². The van der Waals surface area contributed by atoms with Crippen molar-refractivity contribution in [2.45, 2.75) is 37.6 Å². The van der Waals surface area contributed by atoms with Crippen molar-refractivity contribution in [3.63, 3.8) is 0 Å². The van der Waals surface area contributed by atoms with Gasteiger partial charge in [0.05, 0.1) is 4.90 Å². The van der Waals surface area contributed by atoms with Crippen LogP contribution in [0.2, 0.25) is 0 Å². The third-order valence-electron chi connectivity index (χ3n) is 5.25. The number of anilines is 1. The molecule has 1 fully saturated rings. The zero-order chi connectivity index (χ0) is 22.7. The van der Waals surface area contributed by atoms with E-state index < -0.39 is 15.9 Å². The Balaban J connectivity index is 1.46. The lowest BCUT2D eigenvalue weighted by Gasteiger charge is -2.26. The van der Waals surface area contributed by atoms with Crippen molar-refractivity contribution in [3.05, 3.63) is 53.8 Å². The Bertz CT molecular complexity index is 1220. The number of sulfonamides is 1. The quantitative estimate of drug-likeness (QED) is 0.608. The molecule has 3 aromatic rings. The normalized spacial score (nSPS) is 14.9. The van der Waals surface area contributed by atoms with E-state index >= 15 is 0 Å². The lowest BCUT2D eigenvalue weighted by atomic mass is 10.2. The molecule has 0 saturated carbocycles. The third-order valence-corrected chi connectivity index (χ3v) is 7.29. The summed E-state index contributed by atoms with van der Waals surface area (Å²) in [5.74, 6) is -0.540. The van der Waals surface area contributed by atoms with Gasteiger partial charge in [-0.3, -0.25) is 4.79 Å². The van der Waals surface area contributed by atoms with Gasteiger partial charge in [0.1, 0.15) is 12.4 Å². The summed E-state index contributed by atoms with van der Waals surface area (Å²) < 4.78 is 40.7. The van der Waals surface area contributed by atoms with Crippen LogP contribution in [0.3, 0.4) is 0 Å². The molecule has 0 spiro atoms. The highest BCUT2D eigenvalue weighted by atomic mass is 32.2. The molecule has 2 aromatic carbocycles. The van der Waals surface area contributed by atoms with E-state index in [9.17, 15) is 17.6 Å². The first-order chi connectivity index (χ1) is 15.3. The van der Waals surface area contributed by atoms with Gasteiger partial charge in [0.15, 0.2) is 0 Å². The Labute approximate surface area is 185 Å². The highest BCUT2D eigenvalue weighted by molar-refractivity contribution is 7.89. The molecule has 2 heterocycles. The van der Waals surface area contributed by atoms with Crippen molar-refractivity contribution in [1.29, 1.82) is 0 Å². The molecule has 1 amide bonds. The van der Waals surface area contributed by atoms with Gasteiger partial charge in [-0.1, -0.05) is 12.5 Å². The number of rotatable bonds is 6. The van der Waals surface area contributed by atoms with Crippen molar-refractivity contribution >= 4 is 21.6 Å². The fraction of sp³-hybridized carbons (Fsp3) is 0.333. The molecule has 1 N–H and O–H groups in total. The van der Waals surface area contributed by atoms with Gasteiger partial charge in [0, 0.05) is 24.3 Å². The van der Waals surface area contributed by atoms with E-state index in [2.05, 4.69) is 20.7 Å². The molecule has 4 rings (SSSR count). The SMILES string of the molecule is Cc1ccc(NC(=O)Cn2nnc(-c3ccc(F)cc3)n2)cc1S(=O)(=O)N1CCCCC1. The van der Waals surface area contributed by atoms with Crippen LogP contribution >= 0.6 is 0 Å². The summed E-state index contributed by atoms with van der Waals surface area (Å²) in [5.41, 5.74) is 1.56. The third kappa shape index (κ3) is 4.83. The number of tetrazole rings is 1. The van der Waals surface area contributed by atoms with Gasteiger partial charge in [0.25, 0.3) is 0 Å². The zero-order valence-electron chi connectivity index (χ0n) is 17.5. The average molecular weight is 459 g/mol. The van der Waals surface area contributed by atoms with Crippen LogP contribution in [0.25, 0.3) is 11.4 Å². The van der Waals surface area contributed by atoms with Gasteiger partial charge in [-0.15, -0.1) is 10.2 Å². The minimum Gasteiger partial charge on any atom is -0.324 e. The molecular formula is C21H23FN6O3S. The van der Waals surface area contributed by atoms with Crippen LogP contribution < -0.4 is 5.32 Å². The Hall–Kier alpha value is -3.18. The van der Waals surface area contributed by atoms with E-state index in [4.69, 9.17) is 0 Å². The second kappa shape index (κ2) is 9.13. The van der Waals surface area contributed by atoms with Crippen molar-refractivity contribution in [1.82, 2.24) is 24.5 Å². The largest absolute Gasteiger partial charge is 0.324 e. The number of amides is 1. The minimum absolute atomic E-state index is 0.190. The highest BCUT2D eigenvalue weighted by Gasteiger charge is 2.27. The number of aryl methyl sites for hydroxylation is 1. The van der Waals surface area contributed by atoms with Crippen molar-refractivity contribution in [2.75, 3.05) is 18.4 Å². The van der Waals surface area contributed by atoms with Gasteiger partial charge in [-0.05, 0) is 66.9 Å². The molecule has 1 saturated heterocycles. The first kappa shape index (κ1) is 22.0. The molecule has 0 radical (unpaired) electrons. The Morgan fingerprint density at radius 3 is 2.53 bits per heavy atom. The number of piperidine rings is 1. The second-order valence-corrected chi connectivity index (χ2v) is 9.55. The van der Waals surface area contributed by atoms with Gasteiger partial charge >= 0.3 is 0 Å². The number of hydrogen-bond acceptors (Lipinski definition) is 6. The lowest BCUT2D eigenvalue weighted by Crippen LogP contribution is -2.36. The number of carbonyl (C=O) groups excluding carboxylic acids is 1. The molecule has 32 heavy (non-hydrogen) atoms. The second-order valence-electron chi connectivity index (χ2n) is 7.64. The summed E-state index contributed by atoms with van der Waals surface area (Å²) in [6.45, 7) is 2.54. The van der Waals surface area contributed by atoms with Crippen molar-refractivity contribution < 1.29 is 17.6 Å². The Morgan fingerprint density at radius 2 is 1.81 bits per heavy atom. The molecule has 0 unspecified atom stereocenters. The summed E-state index contributed by atoms with van der Waals surface area (Å²) in [6, 6.07) is 10.4. The van der Waals surface area contributed by atoms with E-state index in [-0.39, 0.29) is 23.1 Å². The molecule has 9 nitrogen and oxygen atoms in total. The Kier molecular flexibility index (Phi) is 6.28. The highest BCUT2D eigenvalue weighted by Crippen LogP contribution is 2.26. The number of nitrogens with zero attached hydrogens (tertiary/aromatic N) is 5. The number of benzene rings is 2. The van der Waals surface area contributed by atoms with Crippen LogP contribution in [0, 0.1) is 12.7 Å². The summed E-state index contributed by atoms with van der Waals surface area (Å²) in [6.07, 6.45) is 2.72. The van der Waals surface area contributed by atoms with Crippen LogP contribution in [-0.2, 0) is 21.4 Å². The first-order valence-corrected chi connectivity index (χ1v) is 11.7. The van der Waals surface area contributed by atoms with Crippen molar-refractivity contribution in [3.8, 4) is 11.4 Å². The van der Waals surface area contributed by atoms with Crippen LogP contribution in [0.5, 0.6) is 0 Å². The molecule has 11 heteroatoms. The number of carbonyl (C=O) groups is 1. The maximum Gasteiger partial charge on any atom is 0.248 e. The number of nitrogens with one attached hydrogen (secondary N) is 1. The number of halogens is 1. The van der Waals surface area contributed by atoms with Gasteiger partial charge in [-0.2, -0.15) is 9.10 Å². The summed E-state index contributed by atoms with van der Waals surface area (Å²) in [7, 11) is -3.62. The fourth-order valence-corrected chi connectivity index (χ4v) is 5.32. The molecule has 0 bridgehead atoms. The molecular weight excluding hydrogens is 435 g/mol. The van der Waals surface area contributed by atoms with E-state index in [1.165, 1.54) is 34.6 Å². The van der Waals surface area contributed by atoms with Crippen LogP contribution in [-0.4, -0.2) is 51.9 Å². The maximum atomic E-state index is 13.1. The topological polar surface area (TPSA) is 110 Å². The predicted molar refractivity (Wildman–Crippen MR) is 116 cm³/mol. The molecule has 0 aliphatic carbocycles. The number of aromatic nitrogens is 4. The van der Waals surface area contributed by atoms with Gasteiger partial charge in [0.2, 0.25) is 21.8 Å². The molecule has 1 aliphatic heterocycles. The molecule has 0 atom stereocenters. The van der Waals surface area contributed by atoms with E-state index in [0.717, 1.165) is 24.1 Å². The Morgan fingerprint density at radius 1 is 1.09 bits per heavy atom. The molecule has 1 aliphatic rings. The number of hydrogen-bond donors (Lipinski definition) is 1. The summed E-state index contributed by atoms with van der Waals surface area (Å²) in [4.78, 5) is 13.8. The predicted octanol–water partition coefficient (Wildman–Crippen LogP) is 2.60. The first-order valence-electron chi connectivity index (χ1n) is 10.3. The smallest absolute Gasteiger partial charge is 0.248 e. The zero-order valence-corrected chi connectivity index (χ0v) is 18.3. The standard InChI is InChI=1S/C21H23FN6O3S/c1-15-5-10-18(13-19(15)32(30,31)27-11-3-2-4-12-27)23-20(29)14-28-25-21(24-26-28)16-6-8-17(22)9-7-16/h5-10,13H,2-4,11-12,14H2,1H3,(H,23,29). The van der Waals surface area contributed by atoms with Crippen molar-refractivity contribution in [2.24, 2.45) is 0 Å². The van der Waals surface area contributed by atoms with Gasteiger partial charge in [-0.25, -0.2) is 12.8 Å². The van der Waals surface area contributed by atoms with Crippen LogP contribution in [0.1, 0.15) is 24.8 Å². The monoisotopic (exact) mass is 458 g/mol. The van der Waals surface area contributed by atoms with E-state index in [1.807, 2.05) is 0 Å². The van der Waals surface area contributed by atoms with E-state index in [1.54, 1.807) is 19.1 Å². The minimum atomic E-state index is -3.62. The van der Waals surface area contributed by atoms with E-state index in [0.29, 0.717) is 29.9 Å². The van der Waals surface area contributed by atoms with Crippen LogP contribution in [0.15, 0.2) is 47.4 Å². The average Bonchev–Trinajstić information content (AvgIpc) is 3.24. The van der Waals surface area contributed by atoms with Crippen LogP contribution in [0.4, 0.5) is 10.1 Å². The maximum absolute atomic E-state index is 13.1. The lowest BCUT2D eigenvalue weighted by molar-refractivity contribution is -0.117. The summed E-state index contributed by atoms with van der Waals surface area (Å²) in [5, 5.41) is 14.5. The molecule has 168 valence electrons. The fourth-order valence-electron chi connectivity index (χ4n) is 3.55. The summed E-state index contributed by atoms with van der Waals surface area (Å²) >= 11 is 0. The molecule has 1 aromatic heterocycles.